The summed E-state index contributed by atoms with van der Waals surface area (Å²) in [5.74, 6) is -0.579. The van der Waals surface area contributed by atoms with E-state index in [4.69, 9.17) is 4.99 Å². The van der Waals surface area contributed by atoms with Crippen LogP contribution >= 0.6 is 11.3 Å². The number of halogens is 1. The Morgan fingerprint density at radius 2 is 1.75 bits per heavy atom. The van der Waals surface area contributed by atoms with Crippen LogP contribution in [0.25, 0.3) is 5.00 Å². The van der Waals surface area contributed by atoms with Gasteiger partial charge < -0.3 is 10.4 Å². The molecule has 8 nitrogen and oxygen atoms in total. The van der Waals surface area contributed by atoms with Gasteiger partial charge in [0, 0.05) is 27.3 Å². The number of nitrogens with zero attached hydrogens (tertiary/aromatic N) is 4. The van der Waals surface area contributed by atoms with Crippen LogP contribution in [0.5, 0.6) is 0 Å². The molecule has 0 saturated heterocycles. The molecule has 0 spiro atoms. The van der Waals surface area contributed by atoms with Crippen LogP contribution < -0.4 is 5.32 Å². The molecule has 10 heteroatoms. The summed E-state index contributed by atoms with van der Waals surface area (Å²) in [7, 11) is 0. The van der Waals surface area contributed by atoms with Crippen molar-refractivity contribution in [2.75, 3.05) is 5.32 Å². The number of nitrogens with one attached hydrogen (secondary N) is 1. The number of aryl methyl sites for hydroxylation is 2. The van der Waals surface area contributed by atoms with Crippen LogP contribution in [0.15, 0.2) is 53.5 Å². The zero-order valence-corrected chi connectivity index (χ0v) is 20.6. The lowest BCUT2D eigenvalue weighted by Gasteiger charge is -2.12. The lowest BCUT2D eigenvalue weighted by molar-refractivity contribution is -0.137. The molecule has 182 valence electrons. The Balaban J connectivity index is 1.55. The summed E-state index contributed by atoms with van der Waals surface area (Å²) in [4.78, 5) is 30.2. The first kappa shape index (κ1) is 23.6. The van der Waals surface area contributed by atoms with E-state index in [1.54, 1.807) is 23.5 Å². The Morgan fingerprint density at radius 3 is 2.42 bits per heavy atom. The van der Waals surface area contributed by atoms with Crippen LogP contribution in [-0.2, 0) is 4.79 Å². The number of aromatic nitrogens is 3. The smallest absolute Gasteiger partial charge is 0.306 e. The highest BCUT2D eigenvalue weighted by Crippen LogP contribution is 2.39. The average Bonchev–Trinajstić information content (AvgIpc) is 3.32. The molecule has 1 aliphatic rings. The average molecular weight is 504 g/mol. The molecule has 1 aliphatic heterocycles. The van der Waals surface area contributed by atoms with E-state index < -0.39 is 17.8 Å². The molecule has 0 saturated carbocycles. The Hall–Kier alpha value is -4.18. The Kier molecular flexibility index (Phi) is 5.97. The number of carboxylic acid groups (broad SMARTS) is 1. The van der Waals surface area contributed by atoms with Crippen molar-refractivity contribution in [3.05, 3.63) is 93.1 Å². The van der Waals surface area contributed by atoms with E-state index in [0.29, 0.717) is 28.6 Å². The highest BCUT2D eigenvalue weighted by molar-refractivity contribution is 7.15. The predicted molar refractivity (Wildman–Crippen MR) is 135 cm³/mol. The standard InChI is InChI=1S/C26H22FN5O3S/c1-13-14(2)36-26-22(13)23(29-20(12-21(33)34)24-31-30-15(3)32(24)26)16-6-10-19(11-7-16)28-25(35)17-4-8-18(27)9-5-17/h4-11,20H,12H2,1-3H3,(H,28,35)(H,33,34)/t20-/m0/s1. The lowest BCUT2D eigenvalue weighted by Crippen LogP contribution is -2.12. The maximum Gasteiger partial charge on any atom is 0.306 e. The molecule has 0 fully saturated rings. The second kappa shape index (κ2) is 9.12. The molecule has 2 aromatic heterocycles. The zero-order valence-electron chi connectivity index (χ0n) is 19.7. The number of aliphatic imine (C=N–C) groups is 1. The molecular weight excluding hydrogens is 481 g/mol. The first-order valence-corrected chi connectivity index (χ1v) is 12.0. The van der Waals surface area contributed by atoms with Crippen molar-refractivity contribution < 1.29 is 19.1 Å². The van der Waals surface area contributed by atoms with Gasteiger partial charge in [0.15, 0.2) is 5.82 Å². The van der Waals surface area contributed by atoms with Crippen molar-refractivity contribution in [2.45, 2.75) is 33.2 Å². The summed E-state index contributed by atoms with van der Waals surface area (Å²) in [6.07, 6.45) is -0.222. The summed E-state index contributed by atoms with van der Waals surface area (Å²) in [6, 6.07) is 11.8. The molecule has 4 aromatic rings. The molecule has 0 bridgehead atoms. The van der Waals surface area contributed by atoms with Gasteiger partial charge in [0.25, 0.3) is 5.91 Å². The maximum atomic E-state index is 13.2. The van der Waals surface area contributed by atoms with Gasteiger partial charge in [0.05, 0.1) is 12.1 Å². The van der Waals surface area contributed by atoms with Crippen molar-refractivity contribution in [1.29, 1.82) is 0 Å². The molecular formula is C26H22FN5O3S. The number of fused-ring (bicyclic) bond motifs is 3. The molecule has 3 heterocycles. The number of carboxylic acids is 1. The minimum Gasteiger partial charge on any atom is -0.481 e. The van der Waals surface area contributed by atoms with Crippen LogP contribution in [-0.4, -0.2) is 37.5 Å². The predicted octanol–water partition coefficient (Wildman–Crippen LogP) is 5.01. The summed E-state index contributed by atoms with van der Waals surface area (Å²) < 4.78 is 15.1. The van der Waals surface area contributed by atoms with Gasteiger partial charge in [0.1, 0.15) is 22.7 Å². The Bertz CT molecular complexity index is 1520. The number of carbonyl (C=O) groups excluding carboxylic acids is 1. The number of anilines is 1. The third kappa shape index (κ3) is 4.20. The maximum absolute atomic E-state index is 13.2. The van der Waals surface area contributed by atoms with Gasteiger partial charge in [-0.1, -0.05) is 12.1 Å². The minimum atomic E-state index is -0.979. The summed E-state index contributed by atoms with van der Waals surface area (Å²) in [6.45, 7) is 5.90. The quantitative estimate of drug-likeness (QED) is 0.398. The first-order valence-electron chi connectivity index (χ1n) is 11.2. The Labute approximate surface area is 210 Å². The first-order chi connectivity index (χ1) is 17.2. The van der Waals surface area contributed by atoms with Crippen molar-refractivity contribution in [1.82, 2.24) is 14.8 Å². The molecule has 5 rings (SSSR count). The number of carbonyl (C=O) groups is 2. The molecule has 0 aliphatic carbocycles. The number of hydrogen-bond donors (Lipinski definition) is 2. The number of aliphatic carboxylic acids is 1. The van der Waals surface area contributed by atoms with Crippen LogP contribution in [0.3, 0.4) is 0 Å². The molecule has 1 atom stereocenters. The molecule has 2 N–H and O–H groups in total. The number of rotatable bonds is 5. The van der Waals surface area contributed by atoms with E-state index in [-0.39, 0.29) is 12.3 Å². The minimum absolute atomic E-state index is 0.222. The van der Waals surface area contributed by atoms with E-state index in [1.807, 2.05) is 37.5 Å². The van der Waals surface area contributed by atoms with Crippen molar-refractivity contribution >= 4 is 34.6 Å². The topological polar surface area (TPSA) is 109 Å². The van der Waals surface area contributed by atoms with Crippen LogP contribution in [0.2, 0.25) is 0 Å². The Morgan fingerprint density at radius 1 is 1.06 bits per heavy atom. The summed E-state index contributed by atoms with van der Waals surface area (Å²) >= 11 is 1.59. The third-order valence-corrected chi connectivity index (χ3v) is 7.32. The van der Waals surface area contributed by atoms with Gasteiger partial charge in [0.2, 0.25) is 0 Å². The van der Waals surface area contributed by atoms with Crippen LogP contribution in [0.1, 0.15) is 56.0 Å². The molecule has 0 radical (unpaired) electrons. The molecule has 1 amide bonds. The second-order valence-corrected chi connectivity index (χ2v) is 9.74. The monoisotopic (exact) mass is 503 g/mol. The fourth-order valence-corrected chi connectivity index (χ4v) is 5.42. The zero-order chi connectivity index (χ0) is 25.6. The van der Waals surface area contributed by atoms with E-state index in [9.17, 15) is 19.1 Å². The van der Waals surface area contributed by atoms with Crippen LogP contribution in [0, 0.1) is 26.6 Å². The van der Waals surface area contributed by atoms with Crippen molar-refractivity contribution in [3.8, 4) is 5.00 Å². The van der Waals surface area contributed by atoms with Crippen LogP contribution in [0.4, 0.5) is 10.1 Å². The van der Waals surface area contributed by atoms with E-state index >= 15 is 0 Å². The van der Waals surface area contributed by atoms with Gasteiger partial charge in [-0.25, -0.2) is 4.39 Å². The van der Waals surface area contributed by atoms with Gasteiger partial charge in [-0.05, 0) is 62.7 Å². The number of benzene rings is 2. The van der Waals surface area contributed by atoms with E-state index in [1.165, 1.54) is 24.3 Å². The van der Waals surface area contributed by atoms with E-state index in [0.717, 1.165) is 26.6 Å². The fraction of sp³-hybridized carbons (Fsp3) is 0.192. The number of hydrogen-bond acceptors (Lipinski definition) is 6. The van der Waals surface area contributed by atoms with Crippen molar-refractivity contribution in [3.63, 3.8) is 0 Å². The highest BCUT2D eigenvalue weighted by Gasteiger charge is 2.32. The SMILES string of the molecule is Cc1sc2c(c1C)C(c1ccc(NC(=O)c3ccc(F)cc3)cc1)=N[C@@H](CC(=O)O)c1nnc(C)n1-2. The highest BCUT2D eigenvalue weighted by atomic mass is 32.1. The van der Waals surface area contributed by atoms with Gasteiger partial charge in [-0.15, -0.1) is 21.5 Å². The largest absolute Gasteiger partial charge is 0.481 e. The molecule has 2 aromatic carbocycles. The van der Waals surface area contributed by atoms with Gasteiger partial charge in [-0.2, -0.15) is 0 Å². The van der Waals surface area contributed by atoms with Crippen molar-refractivity contribution in [2.24, 2.45) is 4.99 Å². The normalized spacial score (nSPS) is 14.4. The lowest BCUT2D eigenvalue weighted by atomic mass is 9.99. The second-order valence-electron chi connectivity index (χ2n) is 8.53. The van der Waals surface area contributed by atoms with E-state index in [2.05, 4.69) is 15.5 Å². The summed E-state index contributed by atoms with van der Waals surface area (Å²) in [5, 5.41) is 21.7. The molecule has 36 heavy (non-hydrogen) atoms. The summed E-state index contributed by atoms with van der Waals surface area (Å²) in [5.41, 5.74) is 4.33. The molecule has 0 unspecified atom stereocenters. The van der Waals surface area contributed by atoms with Gasteiger partial charge in [-0.3, -0.25) is 19.1 Å². The number of amides is 1. The fourth-order valence-electron chi connectivity index (χ4n) is 4.21. The third-order valence-electron chi connectivity index (χ3n) is 6.13. The number of thiophene rings is 1. The van der Waals surface area contributed by atoms with Gasteiger partial charge >= 0.3 is 5.97 Å².